The second-order valence-electron chi connectivity index (χ2n) is 23.9. The summed E-state index contributed by atoms with van der Waals surface area (Å²) < 4.78 is 40.1. The third-order valence-corrected chi connectivity index (χ3v) is 16.1. The number of unbranched alkanes of at least 4 members (excludes halogenated alkanes) is 34. The van der Waals surface area contributed by atoms with Crippen LogP contribution in [0.15, 0.2) is 12.2 Å². The minimum absolute atomic E-state index is 0.0723. The van der Waals surface area contributed by atoms with Gasteiger partial charge in [0.15, 0.2) is 24.8 Å². The van der Waals surface area contributed by atoms with Crippen molar-refractivity contribution in [2.45, 2.75) is 358 Å². The smallest absolute Gasteiger partial charge is 0.306 e. The molecule has 0 saturated carbocycles. The summed E-state index contributed by atoms with van der Waals surface area (Å²) in [5, 5.41) is 65.0. The molecule has 2 rings (SSSR count). The van der Waals surface area contributed by atoms with Gasteiger partial charge in [0.2, 0.25) is 0 Å². The first-order chi connectivity index (χ1) is 40.3. The highest BCUT2D eigenvalue weighted by molar-refractivity contribution is 5.75. The fourth-order valence-corrected chi connectivity index (χ4v) is 10.8. The van der Waals surface area contributed by atoms with E-state index in [1.807, 2.05) is 0 Å². The van der Waals surface area contributed by atoms with E-state index in [2.05, 4.69) is 26.0 Å². The summed E-state index contributed by atoms with van der Waals surface area (Å²) in [6.07, 6.45) is 30.9. The number of hydrogen-bond donors (Lipinski definition) is 6. The minimum Gasteiger partial charge on any atom is -0.462 e. The monoisotopic (exact) mass is 1180 g/mol. The average molecular weight is 1190 g/mol. The largest absolute Gasteiger partial charge is 0.462 e. The van der Waals surface area contributed by atoms with Crippen molar-refractivity contribution in [2.24, 2.45) is 0 Å². The average Bonchev–Trinajstić information content (AvgIpc) is 3.64. The first-order valence-electron chi connectivity index (χ1n) is 33.6. The molecule has 2 aliphatic rings. The van der Waals surface area contributed by atoms with Gasteiger partial charge in [-0.3, -0.25) is 14.4 Å². The third kappa shape index (κ3) is 38.3. The molecule has 0 aliphatic carbocycles. The zero-order valence-electron chi connectivity index (χ0n) is 52.2. The molecule has 11 atom stereocenters. The summed E-state index contributed by atoms with van der Waals surface area (Å²) in [6, 6.07) is 0. The van der Waals surface area contributed by atoms with E-state index in [4.69, 9.17) is 33.2 Å². The van der Waals surface area contributed by atoms with E-state index in [0.29, 0.717) is 25.7 Å². The highest BCUT2D eigenvalue weighted by atomic mass is 16.7. The van der Waals surface area contributed by atoms with Crippen LogP contribution in [0.25, 0.3) is 0 Å². The Bertz CT molecular complexity index is 1620. The molecule has 2 heterocycles. The standard InChI is InChI=1S/C66H120O17/c1-4-6-8-10-12-14-16-20-26-30-34-38-42-46-57(70)80-53(49-77-56(69)45-41-37-33-29-25-23-19-18-22-24-28-32-36-40-44-52(3)68)50-78-65-62(75)61(74)59(72)55(82-65)51-79-66-63(76)64(60(73)54(48-67)81-66)83-58(71)47-43-39-35-31-27-21-17-15-13-11-9-7-5-2/h18-19,53-55,59-67,72-76H,4-17,20-51H2,1-3H3/b19-18-/t53-,54-,55-,59-,60+,61+,62-,63-,64+,65+,66+/m1/s1. The molecule has 0 radical (unpaired) electrons. The number of Topliss-reactive ketones (excluding diaryl/α,β-unsaturated/α-hetero) is 1. The normalized spacial score (nSPS) is 23.1. The van der Waals surface area contributed by atoms with Crippen LogP contribution in [-0.2, 0) is 52.3 Å². The lowest BCUT2D eigenvalue weighted by Gasteiger charge is -2.43. The molecule has 0 unspecified atom stereocenters. The van der Waals surface area contributed by atoms with Gasteiger partial charge in [0, 0.05) is 25.7 Å². The van der Waals surface area contributed by atoms with E-state index in [1.165, 1.54) is 128 Å². The van der Waals surface area contributed by atoms with E-state index in [9.17, 15) is 49.8 Å². The number of ether oxygens (including phenoxy) is 7. The Balaban J connectivity index is 1.88. The van der Waals surface area contributed by atoms with Crippen molar-refractivity contribution in [2.75, 3.05) is 26.4 Å². The molecule has 6 N–H and O–H groups in total. The SMILES string of the molecule is CCCCCCCCCCCCCCCC(=O)O[C@H](COC(=O)CCCCCCC/C=C\CCCCCCCC(C)=O)CO[C@H]1O[C@H](CO[C@H]2O[C@H](CO)[C@H](O)[C@H](OC(=O)CCCCCCCCCCCCCCC)[C@H]2O)[C@@H](O)[C@H](O)[C@H]1O. The maximum Gasteiger partial charge on any atom is 0.306 e. The summed E-state index contributed by atoms with van der Waals surface area (Å²) in [5.41, 5.74) is 0. The molecule has 2 aliphatic heterocycles. The highest BCUT2D eigenvalue weighted by Gasteiger charge is 2.49. The molecule has 2 fully saturated rings. The van der Waals surface area contributed by atoms with Crippen molar-refractivity contribution in [1.29, 1.82) is 0 Å². The van der Waals surface area contributed by atoms with Crippen molar-refractivity contribution in [3.8, 4) is 0 Å². The van der Waals surface area contributed by atoms with Crippen LogP contribution >= 0.6 is 0 Å². The van der Waals surface area contributed by atoms with E-state index in [1.54, 1.807) is 6.92 Å². The number of carbonyl (C=O) groups is 4. The molecule has 17 nitrogen and oxygen atoms in total. The van der Waals surface area contributed by atoms with Gasteiger partial charge in [-0.2, -0.15) is 0 Å². The number of aliphatic hydroxyl groups is 6. The maximum absolute atomic E-state index is 13.2. The zero-order chi connectivity index (χ0) is 60.6. The molecule has 17 heteroatoms. The van der Waals surface area contributed by atoms with Crippen LogP contribution in [-0.4, -0.2) is 148 Å². The van der Waals surface area contributed by atoms with Crippen LogP contribution in [0, 0.1) is 0 Å². The lowest BCUT2D eigenvalue weighted by Crippen LogP contribution is -2.62. The summed E-state index contributed by atoms with van der Waals surface area (Å²) in [6.45, 7) is 4.12. The predicted molar refractivity (Wildman–Crippen MR) is 322 cm³/mol. The Labute approximate surface area is 501 Å². The van der Waals surface area contributed by atoms with Gasteiger partial charge in [0.05, 0.1) is 19.8 Å². The lowest BCUT2D eigenvalue weighted by molar-refractivity contribution is -0.333. The van der Waals surface area contributed by atoms with Gasteiger partial charge in [-0.25, -0.2) is 0 Å². The van der Waals surface area contributed by atoms with Crippen LogP contribution in [0.3, 0.4) is 0 Å². The zero-order valence-corrected chi connectivity index (χ0v) is 52.2. The number of aliphatic hydroxyl groups excluding tert-OH is 6. The number of esters is 3. The van der Waals surface area contributed by atoms with Crippen molar-refractivity contribution in [3.05, 3.63) is 12.2 Å². The molecule has 83 heavy (non-hydrogen) atoms. The van der Waals surface area contributed by atoms with Crippen LogP contribution in [0.4, 0.5) is 0 Å². The second-order valence-corrected chi connectivity index (χ2v) is 23.9. The Morgan fingerprint density at radius 3 is 1.28 bits per heavy atom. The minimum atomic E-state index is -1.80. The summed E-state index contributed by atoms with van der Waals surface area (Å²) in [5.74, 6) is -1.32. The molecule has 0 aromatic carbocycles. The molecule has 0 aromatic heterocycles. The quantitative estimate of drug-likeness (QED) is 0.0143. The van der Waals surface area contributed by atoms with Crippen molar-refractivity contribution >= 4 is 23.7 Å². The van der Waals surface area contributed by atoms with Crippen LogP contribution < -0.4 is 0 Å². The summed E-state index contributed by atoms with van der Waals surface area (Å²) in [7, 11) is 0. The number of rotatable bonds is 55. The van der Waals surface area contributed by atoms with E-state index in [-0.39, 0.29) is 31.7 Å². The predicted octanol–water partition coefficient (Wildman–Crippen LogP) is 12.2. The number of hydrogen-bond acceptors (Lipinski definition) is 17. The first-order valence-corrected chi connectivity index (χ1v) is 33.6. The Kier molecular flexibility index (Phi) is 47.4. The molecular weight excluding hydrogens is 1060 g/mol. The van der Waals surface area contributed by atoms with Crippen LogP contribution in [0.5, 0.6) is 0 Å². The third-order valence-electron chi connectivity index (χ3n) is 16.1. The van der Waals surface area contributed by atoms with Gasteiger partial charge < -0.3 is 68.6 Å². The molecule has 486 valence electrons. The van der Waals surface area contributed by atoms with Gasteiger partial charge in [-0.05, 0) is 58.3 Å². The van der Waals surface area contributed by atoms with E-state index < -0.39 is 105 Å². The topological polar surface area (TPSA) is 254 Å². The van der Waals surface area contributed by atoms with E-state index >= 15 is 0 Å². The molecular formula is C66H120O17. The maximum atomic E-state index is 13.2. The lowest BCUT2D eigenvalue weighted by atomic mass is 9.98. The second kappa shape index (κ2) is 51.5. The van der Waals surface area contributed by atoms with Crippen molar-refractivity contribution < 1.29 is 83.0 Å². The van der Waals surface area contributed by atoms with Crippen molar-refractivity contribution in [3.63, 3.8) is 0 Å². The van der Waals surface area contributed by atoms with E-state index in [0.717, 1.165) is 96.3 Å². The van der Waals surface area contributed by atoms with Gasteiger partial charge >= 0.3 is 17.9 Å². The molecule has 0 aromatic rings. The summed E-state index contributed by atoms with van der Waals surface area (Å²) in [4.78, 5) is 50.1. The Morgan fingerprint density at radius 1 is 0.422 bits per heavy atom. The summed E-state index contributed by atoms with van der Waals surface area (Å²) >= 11 is 0. The van der Waals surface area contributed by atoms with Gasteiger partial charge in [0.1, 0.15) is 55.1 Å². The van der Waals surface area contributed by atoms with Gasteiger partial charge in [0.25, 0.3) is 0 Å². The van der Waals surface area contributed by atoms with Crippen LogP contribution in [0.2, 0.25) is 0 Å². The fraction of sp³-hybridized carbons (Fsp3) is 0.909. The number of allylic oxidation sites excluding steroid dienone is 2. The highest BCUT2D eigenvalue weighted by Crippen LogP contribution is 2.28. The Morgan fingerprint density at radius 2 is 0.819 bits per heavy atom. The Hall–Kier alpha value is -2.58. The van der Waals surface area contributed by atoms with Crippen molar-refractivity contribution in [1.82, 2.24) is 0 Å². The molecule has 2 saturated heterocycles. The van der Waals surface area contributed by atoms with Gasteiger partial charge in [-0.1, -0.05) is 219 Å². The van der Waals surface area contributed by atoms with Gasteiger partial charge in [-0.15, -0.1) is 0 Å². The van der Waals surface area contributed by atoms with Crippen LogP contribution in [0.1, 0.15) is 290 Å². The fourth-order valence-electron chi connectivity index (χ4n) is 10.8. The first kappa shape index (κ1) is 76.5. The number of carbonyl (C=O) groups excluding carboxylic acids is 4. The molecule has 0 spiro atoms. The number of ketones is 1. The molecule has 0 bridgehead atoms. The molecule has 0 amide bonds.